The summed E-state index contributed by atoms with van der Waals surface area (Å²) in [4.78, 5) is 20.4. The topological polar surface area (TPSA) is 114 Å². The molecule has 0 spiro atoms. The summed E-state index contributed by atoms with van der Waals surface area (Å²) in [6.45, 7) is 3.62. The number of nitrogens with one attached hydrogen (secondary N) is 1. The lowest BCUT2D eigenvalue weighted by Crippen LogP contribution is -2.44. The highest BCUT2D eigenvalue weighted by Crippen LogP contribution is 2.27. The van der Waals surface area contributed by atoms with E-state index in [1.807, 2.05) is 6.92 Å². The molecule has 0 amide bonds. The number of hydrogen-bond acceptors (Lipinski definition) is 8. The predicted octanol–water partition coefficient (Wildman–Crippen LogP) is 0.0141. The number of rotatable bonds is 5. The van der Waals surface area contributed by atoms with Gasteiger partial charge in [0.05, 0.1) is 24.2 Å². The van der Waals surface area contributed by atoms with Crippen LogP contribution in [0.2, 0.25) is 0 Å². The number of aromatic nitrogens is 2. The second-order valence-electron chi connectivity index (χ2n) is 4.31. The second-order valence-corrected chi connectivity index (χ2v) is 4.31. The van der Waals surface area contributed by atoms with Crippen molar-refractivity contribution in [2.24, 2.45) is 0 Å². The Morgan fingerprint density at radius 3 is 3.15 bits per heavy atom. The summed E-state index contributed by atoms with van der Waals surface area (Å²) >= 11 is 0. The maximum Gasteiger partial charge on any atom is 0.329 e. The van der Waals surface area contributed by atoms with Gasteiger partial charge in [-0.3, -0.25) is 10.1 Å². The average Bonchev–Trinajstić information content (AvgIpc) is 2.47. The van der Waals surface area contributed by atoms with E-state index < -0.39 is 4.92 Å². The molecule has 2 N–H and O–H groups in total. The first-order valence-electron chi connectivity index (χ1n) is 6.38. The lowest BCUT2D eigenvalue weighted by molar-refractivity contribution is -0.384. The van der Waals surface area contributed by atoms with Crippen molar-refractivity contribution in [3.8, 4) is 0 Å². The molecule has 0 aliphatic carbocycles. The van der Waals surface area contributed by atoms with E-state index in [9.17, 15) is 10.1 Å². The highest BCUT2D eigenvalue weighted by atomic mass is 16.6. The van der Waals surface area contributed by atoms with Gasteiger partial charge in [-0.2, -0.15) is 4.98 Å². The Labute approximate surface area is 115 Å². The van der Waals surface area contributed by atoms with Crippen molar-refractivity contribution in [2.75, 3.05) is 43.1 Å². The zero-order valence-electron chi connectivity index (χ0n) is 11.2. The smallest absolute Gasteiger partial charge is 0.329 e. The van der Waals surface area contributed by atoms with E-state index in [1.54, 1.807) is 4.90 Å². The molecule has 1 aliphatic rings. The summed E-state index contributed by atoms with van der Waals surface area (Å²) in [6, 6.07) is 0. The van der Waals surface area contributed by atoms with Crippen LogP contribution in [0.3, 0.4) is 0 Å². The fraction of sp³-hybridized carbons (Fsp3) is 0.636. The van der Waals surface area contributed by atoms with Crippen molar-refractivity contribution in [3.05, 3.63) is 16.3 Å². The molecule has 0 aromatic carbocycles. The fourth-order valence-corrected chi connectivity index (χ4v) is 1.99. The summed E-state index contributed by atoms with van der Waals surface area (Å²) in [5.41, 5.74) is -0.148. The van der Waals surface area contributed by atoms with Gasteiger partial charge >= 0.3 is 5.69 Å². The highest BCUT2D eigenvalue weighted by Gasteiger charge is 2.27. The van der Waals surface area contributed by atoms with Crippen molar-refractivity contribution in [1.82, 2.24) is 9.97 Å². The van der Waals surface area contributed by atoms with Crippen LogP contribution < -0.4 is 10.2 Å². The maximum atomic E-state index is 11.1. The third-order valence-corrected chi connectivity index (χ3v) is 2.92. The Morgan fingerprint density at radius 1 is 1.70 bits per heavy atom. The Kier molecular flexibility index (Phi) is 4.64. The third kappa shape index (κ3) is 3.11. The van der Waals surface area contributed by atoms with E-state index in [2.05, 4.69) is 15.3 Å². The minimum Gasteiger partial charge on any atom is -0.394 e. The number of nitrogens with zero attached hydrogens (tertiary/aromatic N) is 4. The molecule has 1 atom stereocenters. The van der Waals surface area contributed by atoms with Crippen molar-refractivity contribution in [2.45, 2.75) is 13.0 Å². The molecule has 0 saturated carbocycles. The summed E-state index contributed by atoms with van der Waals surface area (Å²) in [5.74, 6) is 0.600. The zero-order valence-corrected chi connectivity index (χ0v) is 11.2. The second kappa shape index (κ2) is 6.44. The van der Waals surface area contributed by atoms with Crippen molar-refractivity contribution in [1.29, 1.82) is 0 Å². The zero-order chi connectivity index (χ0) is 14.5. The van der Waals surface area contributed by atoms with Crippen molar-refractivity contribution in [3.63, 3.8) is 0 Å². The van der Waals surface area contributed by atoms with Crippen molar-refractivity contribution < 1.29 is 14.8 Å². The number of aliphatic hydroxyl groups excluding tert-OH is 1. The van der Waals surface area contributed by atoms with Crippen LogP contribution in [-0.2, 0) is 4.74 Å². The molecule has 1 unspecified atom stereocenters. The van der Waals surface area contributed by atoms with E-state index in [0.717, 1.165) is 0 Å². The van der Waals surface area contributed by atoms with Crippen LogP contribution in [0.1, 0.15) is 6.92 Å². The van der Waals surface area contributed by atoms with Gasteiger partial charge in [0.15, 0.2) is 0 Å². The monoisotopic (exact) mass is 283 g/mol. The molecule has 20 heavy (non-hydrogen) atoms. The molecule has 0 radical (unpaired) electrons. The van der Waals surface area contributed by atoms with Gasteiger partial charge in [-0.15, -0.1) is 0 Å². The summed E-state index contributed by atoms with van der Waals surface area (Å²) < 4.78 is 5.34. The third-order valence-electron chi connectivity index (χ3n) is 2.92. The number of morpholine rings is 1. The number of nitro groups is 1. The lowest BCUT2D eigenvalue weighted by Gasteiger charge is -2.32. The predicted molar refractivity (Wildman–Crippen MR) is 71.9 cm³/mol. The molecule has 2 rings (SSSR count). The lowest BCUT2D eigenvalue weighted by atomic mass is 10.2. The molecule has 9 nitrogen and oxygen atoms in total. The molecule has 110 valence electrons. The molecular formula is C11H17N5O4. The average molecular weight is 283 g/mol. The first-order chi connectivity index (χ1) is 9.65. The standard InChI is InChI=1S/C11H17N5O4/c1-2-12-11-13-5-9(16(18)19)10(14-11)15-3-4-20-8(6-15)7-17/h5,8,17H,2-4,6-7H2,1H3,(H,12,13,14). The first kappa shape index (κ1) is 14.4. The van der Waals surface area contributed by atoms with Gasteiger partial charge in [0.1, 0.15) is 6.20 Å². The molecule has 2 heterocycles. The van der Waals surface area contributed by atoms with E-state index >= 15 is 0 Å². The van der Waals surface area contributed by atoms with Gasteiger partial charge in [0, 0.05) is 19.6 Å². The number of anilines is 2. The quantitative estimate of drug-likeness (QED) is 0.574. The highest BCUT2D eigenvalue weighted by molar-refractivity contribution is 5.59. The SMILES string of the molecule is CCNc1ncc([N+](=O)[O-])c(N2CCOC(CO)C2)n1. The Bertz CT molecular complexity index is 484. The maximum absolute atomic E-state index is 11.1. The normalized spacial score (nSPS) is 18.9. The van der Waals surface area contributed by atoms with E-state index in [-0.39, 0.29) is 24.2 Å². The largest absolute Gasteiger partial charge is 0.394 e. The van der Waals surface area contributed by atoms with Crippen LogP contribution in [0, 0.1) is 10.1 Å². The van der Waals surface area contributed by atoms with Crippen LogP contribution in [0.5, 0.6) is 0 Å². The van der Waals surface area contributed by atoms with E-state index in [0.29, 0.717) is 32.2 Å². The summed E-state index contributed by atoms with van der Waals surface area (Å²) in [5, 5.41) is 23.2. The van der Waals surface area contributed by atoms with E-state index in [1.165, 1.54) is 6.20 Å². The Balaban J connectivity index is 2.31. The van der Waals surface area contributed by atoms with Gasteiger partial charge in [-0.1, -0.05) is 0 Å². The number of ether oxygens (including phenoxy) is 1. The van der Waals surface area contributed by atoms with Crippen LogP contribution in [0.25, 0.3) is 0 Å². The molecule has 9 heteroatoms. The van der Waals surface area contributed by atoms with Gasteiger partial charge in [0.2, 0.25) is 11.8 Å². The van der Waals surface area contributed by atoms with Gasteiger partial charge in [-0.05, 0) is 6.92 Å². The number of hydrogen-bond donors (Lipinski definition) is 2. The molecule has 0 bridgehead atoms. The first-order valence-corrected chi connectivity index (χ1v) is 6.38. The molecule has 1 aromatic heterocycles. The fourth-order valence-electron chi connectivity index (χ4n) is 1.99. The van der Waals surface area contributed by atoms with E-state index in [4.69, 9.17) is 9.84 Å². The molecule has 1 fully saturated rings. The van der Waals surface area contributed by atoms with Crippen LogP contribution >= 0.6 is 0 Å². The number of aliphatic hydroxyl groups is 1. The summed E-state index contributed by atoms with van der Waals surface area (Å²) in [6.07, 6.45) is 0.838. The van der Waals surface area contributed by atoms with Crippen LogP contribution in [0.15, 0.2) is 6.20 Å². The minimum absolute atomic E-state index is 0.130. The van der Waals surface area contributed by atoms with Gasteiger partial charge in [-0.25, -0.2) is 4.98 Å². The van der Waals surface area contributed by atoms with Crippen molar-refractivity contribution >= 4 is 17.5 Å². The molecular weight excluding hydrogens is 266 g/mol. The van der Waals surface area contributed by atoms with Gasteiger partial charge < -0.3 is 20.1 Å². The Morgan fingerprint density at radius 2 is 2.50 bits per heavy atom. The van der Waals surface area contributed by atoms with Gasteiger partial charge in [0.25, 0.3) is 0 Å². The molecule has 1 aliphatic heterocycles. The van der Waals surface area contributed by atoms with Crippen LogP contribution in [0.4, 0.5) is 17.5 Å². The minimum atomic E-state index is -0.505. The molecule has 1 aromatic rings. The summed E-state index contributed by atoms with van der Waals surface area (Å²) in [7, 11) is 0. The molecule has 1 saturated heterocycles. The van der Waals surface area contributed by atoms with Crippen LogP contribution in [-0.4, -0.2) is 58.9 Å². The Hall–Kier alpha value is -2.00.